The van der Waals surface area contributed by atoms with Crippen LogP contribution in [0.4, 0.5) is 0 Å². The van der Waals surface area contributed by atoms with Gasteiger partial charge in [0.1, 0.15) is 0 Å². The Hall–Kier alpha value is -2.48. The van der Waals surface area contributed by atoms with Crippen LogP contribution in [0.1, 0.15) is 25.3 Å². The molecule has 0 amide bonds. The van der Waals surface area contributed by atoms with Gasteiger partial charge in [-0.05, 0) is 59.3 Å². The van der Waals surface area contributed by atoms with Crippen LogP contribution >= 0.6 is 15.9 Å². The van der Waals surface area contributed by atoms with Gasteiger partial charge in [-0.3, -0.25) is 4.79 Å². The van der Waals surface area contributed by atoms with Crippen molar-refractivity contribution in [2.24, 2.45) is 10.5 Å². The Labute approximate surface area is 170 Å². The first kappa shape index (κ1) is 20.3. The Bertz CT molecular complexity index is 901. The molecule has 1 aliphatic carbocycles. The molecule has 0 unspecified atom stereocenters. The summed E-state index contributed by atoms with van der Waals surface area (Å²) in [6.07, 6.45) is 3.27. The summed E-state index contributed by atoms with van der Waals surface area (Å²) in [4.78, 5) is 24.2. The Morgan fingerprint density at radius 2 is 2.18 bits per heavy atom. The van der Waals surface area contributed by atoms with Gasteiger partial charge in [0.2, 0.25) is 0 Å². The predicted octanol–water partition coefficient (Wildman–Crippen LogP) is 3.83. The van der Waals surface area contributed by atoms with Crippen molar-refractivity contribution < 1.29 is 14.6 Å². The molecular formula is C19H20BrN5O3. The molecule has 146 valence electrons. The van der Waals surface area contributed by atoms with Crippen LogP contribution in [-0.4, -0.2) is 39.8 Å². The number of rotatable bonds is 6. The molecule has 1 aliphatic rings. The molecule has 0 aliphatic heterocycles. The fourth-order valence-electron chi connectivity index (χ4n) is 3.68. The number of aliphatic hydroxyl groups is 1. The minimum atomic E-state index is -0.937. The molecule has 9 heteroatoms. The molecule has 2 aromatic rings. The van der Waals surface area contributed by atoms with Crippen molar-refractivity contribution in [3.05, 3.63) is 57.1 Å². The summed E-state index contributed by atoms with van der Waals surface area (Å²) >= 11 is 3.32. The number of aliphatic hydroxyl groups excluding tert-OH is 1. The normalized spacial score (nSPS) is 23.8. The van der Waals surface area contributed by atoms with Crippen molar-refractivity contribution in [2.45, 2.75) is 38.3 Å². The third-order valence-corrected chi connectivity index (χ3v) is 5.31. The minimum Gasteiger partial charge on any atom is -0.466 e. The summed E-state index contributed by atoms with van der Waals surface area (Å²) in [5.41, 5.74) is 9.53. The van der Waals surface area contributed by atoms with Gasteiger partial charge < -0.3 is 9.84 Å². The number of esters is 1. The third-order valence-electron chi connectivity index (χ3n) is 4.90. The van der Waals surface area contributed by atoms with Gasteiger partial charge in [0.25, 0.3) is 0 Å². The van der Waals surface area contributed by atoms with Gasteiger partial charge in [0.15, 0.2) is 5.82 Å². The molecular weight excluding hydrogens is 426 g/mol. The molecule has 3 atom stereocenters. The van der Waals surface area contributed by atoms with Crippen LogP contribution < -0.4 is 0 Å². The molecule has 8 nitrogen and oxygen atoms in total. The summed E-state index contributed by atoms with van der Waals surface area (Å²) < 4.78 is 6.08. The highest BCUT2D eigenvalue weighted by atomic mass is 79.9. The van der Waals surface area contributed by atoms with Gasteiger partial charge in [-0.15, -0.1) is 0 Å². The highest BCUT2D eigenvalue weighted by Crippen LogP contribution is 2.44. The van der Waals surface area contributed by atoms with Gasteiger partial charge in [-0.25, -0.2) is 9.97 Å². The number of ether oxygens (including phenoxy) is 1. The average Bonchev–Trinajstić information content (AvgIpc) is 2.99. The first-order valence-electron chi connectivity index (χ1n) is 8.94. The van der Waals surface area contributed by atoms with E-state index in [9.17, 15) is 9.90 Å². The topological polar surface area (TPSA) is 121 Å². The second-order valence-electron chi connectivity index (χ2n) is 6.85. The Balaban J connectivity index is 1.91. The lowest BCUT2D eigenvalue weighted by molar-refractivity contribution is -0.155. The molecule has 1 aromatic heterocycles. The van der Waals surface area contributed by atoms with Crippen LogP contribution in [0.3, 0.4) is 0 Å². The number of hydrogen-bond donors (Lipinski definition) is 1. The van der Waals surface area contributed by atoms with Crippen LogP contribution in [-0.2, 0) is 16.0 Å². The molecule has 1 saturated carbocycles. The van der Waals surface area contributed by atoms with Crippen molar-refractivity contribution in [1.82, 2.24) is 9.97 Å². The number of halogens is 1. The monoisotopic (exact) mass is 445 g/mol. The Kier molecular flexibility index (Phi) is 6.28. The molecule has 28 heavy (non-hydrogen) atoms. The largest absolute Gasteiger partial charge is 0.466 e. The van der Waals surface area contributed by atoms with Gasteiger partial charge >= 0.3 is 5.97 Å². The second-order valence-corrected chi connectivity index (χ2v) is 7.77. The van der Waals surface area contributed by atoms with Gasteiger partial charge in [-0.2, -0.15) is 0 Å². The zero-order valence-electron chi connectivity index (χ0n) is 15.3. The maximum Gasteiger partial charge on any atom is 0.312 e. The zero-order valence-corrected chi connectivity index (χ0v) is 16.9. The van der Waals surface area contributed by atoms with E-state index in [1.807, 2.05) is 24.3 Å². The van der Waals surface area contributed by atoms with Crippen molar-refractivity contribution in [3.8, 4) is 11.4 Å². The third kappa shape index (κ3) is 4.32. The average molecular weight is 446 g/mol. The maximum atomic E-state index is 12.8. The number of nitrogens with zero attached hydrogens (tertiary/aromatic N) is 5. The van der Waals surface area contributed by atoms with Crippen LogP contribution in [0.15, 0.2) is 46.2 Å². The summed E-state index contributed by atoms with van der Waals surface area (Å²) in [7, 11) is 0. The van der Waals surface area contributed by atoms with Crippen LogP contribution in [0, 0.1) is 5.41 Å². The lowest BCUT2D eigenvalue weighted by Crippen LogP contribution is -2.33. The number of carbonyl (C=O) groups is 1. The first-order chi connectivity index (χ1) is 13.5. The summed E-state index contributed by atoms with van der Waals surface area (Å²) in [5.74, 6) is 0.198. The van der Waals surface area contributed by atoms with E-state index in [1.165, 1.54) is 0 Å². The van der Waals surface area contributed by atoms with E-state index in [-0.39, 0.29) is 25.4 Å². The zero-order chi connectivity index (χ0) is 20.1. The molecule has 0 spiro atoms. The molecule has 3 rings (SSSR count). The fourth-order valence-corrected chi connectivity index (χ4v) is 3.88. The van der Waals surface area contributed by atoms with Crippen LogP contribution in [0.25, 0.3) is 21.8 Å². The SMILES string of the molecule is CCOC(=O)[C@@]1(Cc2cccc(-c3ncc(Br)cn3)c2)C[C@H](O)[C@H](N=[N+]=[N-])C1. The highest BCUT2D eigenvalue weighted by molar-refractivity contribution is 9.10. The molecule has 1 heterocycles. The summed E-state index contributed by atoms with van der Waals surface area (Å²) in [5, 5.41) is 14.0. The molecule has 1 aromatic carbocycles. The number of azide groups is 1. The van der Waals surface area contributed by atoms with E-state index in [0.717, 1.165) is 15.6 Å². The minimum absolute atomic E-state index is 0.189. The van der Waals surface area contributed by atoms with Crippen LogP contribution in [0.5, 0.6) is 0 Å². The second kappa shape index (κ2) is 8.68. The molecule has 0 radical (unpaired) electrons. The van der Waals surface area contributed by atoms with Gasteiger partial charge in [-0.1, -0.05) is 23.3 Å². The molecule has 1 fully saturated rings. The van der Waals surface area contributed by atoms with E-state index in [4.69, 9.17) is 10.3 Å². The maximum absolute atomic E-state index is 12.8. The van der Waals surface area contributed by atoms with Gasteiger partial charge in [0, 0.05) is 22.9 Å². The van der Waals surface area contributed by atoms with E-state index in [1.54, 1.807) is 19.3 Å². The smallest absolute Gasteiger partial charge is 0.312 e. The Morgan fingerprint density at radius 1 is 1.43 bits per heavy atom. The van der Waals surface area contributed by atoms with Crippen molar-refractivity contribution in [3.63, 3.8) is 0 Å². The standard InChI is InChI=1S/C19H20BrN5O3/c1-2-28-18(27)19(8-15(24-25-21)16(26)9-19)7-12-4-3-5-13(6-12)17-22-10-14(20)11-23-17/h3-6,10-11,15-16,26H,2,7-9H2,1H3/t15-,16+,19-/m1/s1. The number of hydrogen-bond acceptors (Lipinski definition) is 6. The number of aromatic nitrogens is 2. The van der Waals surface area contributed by atoms with E-state index in [2.05, 4.69) is 35.9 Å². The lowest BCUT2D eigenvalue weighted by atomic mass is 9.79. The van der Waals surface area contributed by atoms with Crippen molar-refractivity contribution in [2.75, 3.05) is 6.61 Å². The predicted molar refractivity (Wildman–Crippen MR) is 106 cm³/mol. The molecule has 1 N–H and O–H groups in total. The summed E-state index contributed by atoms with van der Waals surface area (Å²) in [6, 6.07) is 6.97. The Morgan fingerprint density at radius 3 is 2.86 bits per heavy atom. The molecule has 0 bridgehead atoms. The van der Waals surface area contributed by atoms with Gasteiger partial charge in [0.05, 0.1) is 28.6 Å². The van der Waals surface area contributed by atoms with E-state index < -0.39 is 17.6 Å². The van der Waals surface area contributed by atoms with E-state index >= 15 is 0 Å². The van der Waals surface area contributed by atoms with E-state index in [0.29, 0.717) is 12.2 Å². The lowest BCUT2D eigenvalue weighted by Gasteiger charge is -2.27. The summed E-state index contributed by atoms with van der Waals surface area (Å²) in [6.45, 7) is 1.99. The molecule has 0 saturated heterocycles. The number of benzene rings is 1. The highest BCUT2D eigenvalue weighted by Gasteiger charge is 2.50. The van der Waals surface area contributed by atoms with Crippen molar-refractivity contribution >= 4 is 21.9 Å². The fraction of sp³-hybridized carbons (Fsp3) is 0.421. The van der Waals surface area contributed by atoms with Crippen LogP contribution in [0.2, 0.25) is 0 Å². The number of carbonyl (C=O) groups excluding carboxylic acids is 1. The first-order valence-corrected chi connectivity index (χ1v) is 9.73. The van der Waals surface area contributed by atoms with Crippen molar-refractivity contribution in [1.29, 1.82) is 0 Å². The quantitative estimate of drug-likeness (QED) is 0.313.